The van der Waals surface area contributed by atoms with Crippen LogP contribution in [0.3, 0.4) is 0 Å². The topological polar surface area (TPSA) is 98.9 Å². The van der Waals surface area contributed by atoms with Gasteiger partial charge in [0, 0.05) is 12.6 Å². The van der Waals surface area contributed by atoms with Crippen molar-refractivity contribution < 1.29 is 9.53 Å². The standard InChI is InChI=1S/C35H40N6O2/c1-35(2,3)43-34(42)41-14-4-5-30(41)32-36-18-28(39-32)22-9-12-26-20(15-22)6-7-21-16-23(10-13-27(21)26)29-19-37-33(40-29)31-24-8-11-25(17-24)38-31/h9-10,12-13,15-16,18-19,24-25,30-31,38H,4-8,11,14,17H2,1-3H3,(H,36,39)(H,37,40). The molecule has 4 atom stereocenters. The molecule has 2 saturated heterocycles. The molecule has 8 rings (SSSR count). The van der Waals surface area contributed by atoms with Crippen LogP contribution in [0.1, 0.15) is 87.7 Å². The smallest absolute Gasteiger partial charge is 0.410 e. The van der Waals surface area contributed by atoms with Crippen molar-refractivity contribution in [3.8, 4) is 33.6 Å². The number of amides is 1. The molecule has 1 saturated carbocycles. The van der Waals surface area contributed by atoms with Crippen LogP contribution in [0.2, 0.25) is 0 Å². The second kappa shape index (κ2) is 10.1. The zero-order valence-corrected chi connectivity index (χ0v) is 25.2. The van der Waals surface area contributed by atoms with Gasteiger partial charge in [-0.2, -0.15) is 0 Å². The third kappa shape index (κ3) is 4.85. The van der Waals surface area contributed by atoms with E-state index < -0.39 is 5.60 Å². The van der Waals surface area contributed by atoms with Gasteiger partial charge in [-0.25, -0.2) is 14.8 Å². The van der Waals surface area contributed by atoms with E-state index in [0.29, 0.717) is 18.6 Å². The van der Waals surface area contributed by atoms with Crippen LogP contribution in [0.25, 0.3) is 33.6 Å². The highest BCUT2D eigenvalue weighted by molar-refractivity contribution is 5.79. The van der Waals surface area contributed by atoms with Gasteiger partial charge in [0.25, 0.3) is 0 Å². The Kier molecular flexibility index (Phi) is 6.26. The minimum Gasteiger partial charge on any atom is -0.444 e. The molecule has 8 nitrogen and oxygen atoms in total. The van der Waals surface area contributed by atoms with E-state index in [2.05, 4.69) is 51.7 Å². The highest BCUT2D eigenvalue weighted by Gasteiger charge is 2.41. The van der Waals surface area contributed by atoms with Gasteiger partial charge >= 0.3 is 6.09 Å². The fourth-order valence-electron chi connectivity index (χ4n) is 7.78. The Labute approximate surface area is 252 Å². The Morgan fingerprint density at radius 1 is 0.884 bits per heavy atom. The number of rotatable bonds is 4. The SMILES string of the molecule is CC(C)(C)OC(=O)N1CCCC1c1ncc(-c2ccc3c(c2)CCc2cc(-c4cnc(C5NC6CCC5C6)[nH]4)ccc2-3)[nH]1. The number of hydrogen-bond acceptors (Lipinski definition) is 5. The lowest BCUT2D eigenvalue weighted by atomic mass is 9.83. The summed E-state index contributed by atoms with van der Waals surface area (Å²) < 4.78 is 5.66. The van der Waals surface area contributed by atoms with Crippen molar-refractivity contribution in [3.63, 3.8) is 0 Å². The Balaban J connectivity index is 1.01. The highest BCUT2D eigenvalue weighted by atomic mass is 16.6. The highest BCUT2D eigenvalue weighted by Crippen LogP contribution is 2.43. The molecule has 2 aliphatic carbocycles. The van der Waals surface area contributed by atoms with E-state index in [9.17, 15) is 4.79 Å². The molecule has 43 heavy (non-hydrogen) atoms. The molecule has 8 heteroatoms. The summed E-state index contributed by atoms with van der Waals surface area (Å²) in [5.41, 5.74) is 9.26. The van der Waals surface area contributed by atoms with Gasteiger partial charge in [0.15, 0.2) is 0 Å². The third-order valence-electron chi connectivity index (χ3n) is 9.83. The van der Waals surface area contributed by atoms with Crippen molar-refractivity contribution in [2.75, 3.05) is 6.54 Å². The lowest BCUT2D eigenvalue weighted by molar-refractivity contribution is 0.0218. The number of imidazole rings is 2. The first-order valence-corrected chi connectivity index (χ1v) is 15.9. The monoisotopic (exact) mass is 576 g/mol. The summed E-state index contributed by atoms with van der Waals surface area (Å²) in [4.78, 5) is 31.3. The van der Waals surface area contributed by atoms with Gasteiger partial charge in [-0.3, -0.25) is 4.90 Å². The molecule has 0 radical (unpaired) electrons. The Morgan fingerprint density at radius 3 is 2.14 bits per heavy atom. The first kappa shape index (κ1) is 26.7. The zero-order valence-electron chi connectivity index (χ0n) is 25.2. The number of H-pyrrole nitrogens is 2. The summed E-state index contributed by atoms with van der Waals surface area (Å²) in [6.07, 6.45) is 11.4. The quantitative estimate of drug-likeness (QED) is 0.240. The van der Waals surface area contributed by atoms with Gasteiger partial charge in [0.05, 0.1) is 35.9 Å². The first-order valence-electron chi connectivity index (χ1n) is 15.9. The number of fused-ring (bicyclic) bond motifs is 5. The summed E-state index contributed by atoms with van der Waals surface area (Å²) in [7, 11) is 0. The third-order valence-corrected chi connectivity index (χ3v) is 9.83. The van der Waals surface area contributed by atoms with Gasteiger partial charge in [-0.15, -0.1) is 0 Å². The molecule has 4 heterocycles. The summed E-state index contributed by atoms with van der Waals surface area (Å²) in [6.45, 7) is 6.40. The minimum atomic E-state index is -0.517. The number of piperidine rings is 1. The number of hydrogen-bond donors (Lipinski definition) is 3. The maximum absolute atomic E-state index is 12.8. The molecular weight excluding hydrogens is 536 g/mol. The van der Waals surface area contributed by atoms with Crippen LogP contribution in [0.15, 0.2) is 48.8 Å². The Morgan fingerprint density at radius 2 is 1.53 bits per heavy atom. The molecular formula is C35H40N6O2. The van der Waals surface area contributed by atoms with E-state index in [4.69, 9.17) is 14.7 Å². The van der Waals surface area contributed by atoms with Crippen LogP contribution < -0.4 is 5.32 Å². The van der Waals surface area contributed by atoms with E-state index in [0.717, 1.165) is 60.2 Å². The predicted octanol–water partition coefficient (Wildman–Crippen LogP) is 7.12. The molecule has 1 amide bonds. The molecule has 2 bridgehead atoms. The molecule has 4 aliphatic rings. The van der Waals surface area contributed by atoms with E-state index in [1.54, 1.807) is 0 Å². The van der Waals surface area contributed by atoms with Crippen molar-refractivity contribution in [2.24, 2.45) is 5.92 Å². The molecule has 3 N–H and O–H groups in total. The maximum atomic E-state index is 12.8. The summed E-state index contributed by atoms with van der Waals surface area (Å²) in [5, 5.41) is 3.76. The van der Waals surface area contributed by atoms with Crippen molar-refractivity contribution in [1.82, 2.24) is 30.2 Å². The van der Waals surface area contributed by atoms with Crippen molar-refractivity contribution >= 4 is 6.09 Å². The maximum Gasteiger partial charge on any atom is 0.410 e. The van der Waals surface area contributed by atoms with Gasteiger partial charge in [0.1, 0.15) is 17.2 Å². The van der Waals surface area contributed by atoms with Crippen LogP contribution >= 0.6 is 0 Å². The van der Waals surface area contributed by atoms with E-state index in [-0.39, 0.29) is 12.1 Å². The largest absolute Gasteiger partial charge is 0.444 e. The number of carbonyl (C=O) groups is 1. The lowest BCUT2D eigenvalue weighted by Gasteiger charge is -2.27. The number of likely N-dealkylation sites (tertiary alicyclic amines) is 1. The normalized spacial score (nSPS) is 24.3. The number of nitrogens with one attached hydrogen (secondary N) is 3. The van der Waals surface area contributed by atoms with Crippen LogP contribution in [0, 0.1) is 5.92 Å². The number of benzene rings is 2. The molecule has 0 spiro atoms. The Bertz CT molecular complexity index is 1700. The molecule has 4 aromatic rings. The van der Waals surface area contributed by atoms with Crippen LogP contribution in [-0.2, 0) is 17.6 Å². The summed E-state index contributed by atoms with van der Waals surface area (Å²) >= 11 is 0. The van der Waals surface area contributed by atoms with E-state index >= 15 is 0 Å². The van der Waals surface area contributed by atoms with E-state index in [1.165, 1.54) is 47.1 Å². The second-order valence-corrected chi connectivity index (χ2v) is 13.9. The lowest BCUT2D eigenvalue weighted by Crippen LogP contribution is -2.36. The molecule has 2 aromatic heterocycles. The Hall–Kier alpha value is -3.91. The van der Waals surface area contributed by atoms with Crippen molar-refractivity contribution in [3.05, 3.63) is 71.6 Å². The number of aryl methyl sites for hydroxylation is 2. The molecule has 4 unspecified atom stereocenters. The van der Waals surface area contributed by atoms with Crippen LogP contribution in [0.4, 0.5) is 4.79 Å². The summed E-state index contributed by atoms with van der Waals surface area (Å²) in [6, 6.07) is 14.5. The average Bonchev–Trinajstić information content (AvgIpc) is 3.82. The van der Waals surface area contributed by atoms with Crippen LogP contribution in [-0.4, -0.2) is 49.1 Å². The minimum absolute atomic E-state index is 0.0854. The predicted molar refractivity (Wildman–Crippen MR) is 166 cm³/mol. The van der Waals surface area contributed by atoms with Gasteiger partial charge in [-0.1, -0.05) is 24.3 Å². The first-order chi connectivity index (χ1) is 20.8. The van der Waals surface area contributed by atoms with Gasteiger partial charge in [-0.05, 0) is 117 Å². The van der Waals surface area contributed by atoms with Gasteiger partial charge in [0.2, 0.25) is 0 Å². The van der Waals surface area contributed by atoms with E-state index in [1.807, 2.05) is 38.1 Å². The zero-order chi connectivity index (χ0) is 29.3. The van der Waals surface area contributed by atoms with Crippen molar-refractivity contribution in [1.29, 1.82) is 0 Å². The molecule has 2 aromatic carbocycles. The number of aromatic amines is 2. The number of nitrogens with zero attached hydrogens (tertiary/aromatic N) is 3. The second-order valence-electron chi connectivity index (χ2n) is 13.9. The average molecular weight is 577 g/mol. The number of ether oxygens (including phenoxy) is 1. The number of aromatic nitrogens is 4. The van der Waals surface area contributed by atoms with Crippen molar-refractivity contribution in [2.45, 2.75) is 89.4 Å². The fourth-order valence-corrected chi connectivity index (χ4v) is 7.78. The van der Waals surface area contributed by atoms with Gasteiger partial charge < -0.3 is 20.0 Å². The summed E-state index contributed by atoms with van der Waals surface area (Å²) in [5.74, 6) is 2.63. The molecule has 3 fully saturated rings. The molecule has 222 valence electrons. The fraction of sp³-hybridized carbons (Fsp3) is 0.457. The number of carbonyl (C=O) groups excluding carboxylic acids is 1. The molecule has 2 aliphatic heterocycles. The van der Waals surface area contributed by atoms with Crippen LogP contribution in [0.5, 0.6) is 0 Å².